The van der Waals surface area contributed by atoms with Crippen LogP contribution in [0.4, 0.5) is 5.69 Å². The van der Waals surface area contributed by atoms with E-state index in [1.165, 1.54) is 11.1 Å². The third-order valence-corrected chi connectivity index (χ3v) is 5.97. The summed E-state index contributed by atoms with van der Waals surface area (Å²) in [4.78, 5) is 20.7. The number of fused-ring (bicyclic) bond motifs is 2. The number of hydrogen-bond acceptors (Lipinski definition) is 3. The van der Waals surface area contributed by atoms with Crippen molar-refractivity contribution in [3.05, 3.63) is 77.0 Å². The third kappa shape index (κ3) is 2.81. The molecule has 0 saturated carbocycles. The number of para-hydroxylation sites is 1. The molecule has 3 heterocycles. The summed E-state index contributed by atoms with van der Waals surface area (Å²) in [5.41, 5.74) is 7.38. The van der Waals surface area contributed by atoms with Gasteiger partial charge < -0.3 is 4.90 Å². The second-order valence-corrected chi connectivity index (χ2v) is 8.19. The monoisotopic (exact) mass is 396 g/mol. The molecule has 0 radical (unpaired) electrons. The van der Waals surface area contributed by atoms with Crippen molar-refractivity contribution in [3.8, 4) is 11.3 Å². The van der Waals surface area contributed by atoms with Gasteiger partial charge in [0.15, 0.2) is 5.65 Å². The molecule has 1 atom stereocenters. The number of hydrogen-bond donors (Lipinski definition) is 0. The van der Waals surface area contributed by atoms with Gasteiger partial charge in [-0.05, 0) is 44.9 Å². The fourth-order valence-corrected chi connectivity index (χ4v) is 4.49. The molecule has 2 aromatic carbocycles. The van der Waals surface area contributed by atoms with Crippen LogP contribution in [-0.2, 0) is 13.5 Å². The van der Waals surface area contributed by atoms with E-state index < -0.39 is 0 Å². The number of carbonyl (C=O) groups excluding carboxylic acids is 1. The highest BCUT2D eigenvalue weighted by atomic mass is 16.2. The molecular weight excluding hydrogens is 372 g/mol. The number of benzene rings is 2. The molecule has 5 rings (SSSR count). The maximum absolute atomic E-state index is 13.9. The standard InChI is InChI=1S/C25H24N4O/c1-15-9-11-18(12-10-15)21-14-20(23-17(3)27-28(4)24(23)26-21)25(30)29-16(2)13-19-7-5-6-8-22(19)29/h5-12,14,16H,13H2,1-4H3. The molecule has 1 amide bonds. The summed E-state index contributed by atoms with van der Waals surface area (Å²) >= 11 is 0. The van der Waals surface area contributed by atoms with Gasteiger partial charge in [-0.1, -0.05) is 48.0 Å². The van der Waals surface area contributed by atoms with E-state index in [0.717, 1.165) is 40.1 Å². The minimum atomic E-state index is 0.00399. The van der Waals surface area contributed by atoms with Crippen molar-refractivity contribution < 1.29 is 4.79 Å². The van der Waals surface area contributed by atoms with Gasteiger partial charge in [0.05, 0.1) is 22.3 Å². The van der Waals surface area contributed by atoms with Crippen LogP contribution in [0.1, 0.15) is 34.1 Å². The maximum atomic E-state index is 13.9. The van der Waals surface area contributed by atoms with Crippen LogP contribution in [0.3, 0.4) is 0 Å². The highest BCUT2D eigenvalue weighted by Gasteiger charge is 2.33. The van der Waals surface area contributed by atoms with Crippen LogP contribution in [0.5, 0.6) is 0 Å². The summed E-state index contributed by atoms with van der Waals surface area (Å²) in [5, 5.41) is 5.38. The van der Waals surface area contributed by atoms with Gasteiger partial charge in [-0.15, -0.1) is 0 Å². The lowest BCUT2D eigenvalue weighted by Gasteiger charge is -2.23. The Morgan fingerprint density at radius 3 is 2.57 bits per heavy atom. The van der Waals surface area contributed by atoms with E-state index in [4.69, 9.17) is 4.98 Å². The van der Waals surface area contributed by atoms with Crippen molar-refractivity contribution in [3.63, 3.8) is 0 Å². The Hall–Kier alpha value is -3.47. The number of nitrogens with zero attached hydrogens (tertiary/aromatic N) is 4. The molecule has 5 nitrogen and oxygen atoms in total. The van der Waals surface area contributed by atoms with Crippen LogP contribution in [0, 0.1) is 13.8 Å². The van der Waals surface area contributed by atoms with Gasteiger partial charge in [0, 0.05) is 24.3 Å². The smallest absolute Gasteiger partial charge is 0.259 e. The van der Waals surface area contributed by atoms with E-state index in [1.807, 2.05) is 43.1 Å². The van der Waals surface area contributed by atoms with Gasteiger partial charge in [0.25, 0.3) is 5.91 Å². The predicted octanol–water partition coefficient (Wildman–Crippen LogP) is 4.84. The number of anilines is 1. The molecule has 0 saturated heterocycles. The third-order valence-electron chi connectivity index (χ3n) is 5.97. The first-order chi connectivity index (χ1) is 14.4. The van der Waals surface area contributed by atoms with Crippen LogP contribution >= 0.6 is 0 Å². The predicted molar refractivity (Wildman–Crippen MR) is 120 cm³/mol. The fraction of sp³-hybridized carbons (Fsp3) is 0.240. The van der Waals surface area contributed by atoms with Crippen LogP contribution in [0.15, 0.2) is 54.6 Å². The summed E-state index contributed by atoms with van der Waals surface area (Å²) in [6.45, 7) is 6.10. The van der Waals surface area contributed by atoms with Gasteiger partial charge in [-0.25, -0.2) is 4.98 Å². The molecule has 0 fully saturated rings. The maximum Gasteiger partial charge on any atom is 0.259 e. The Labute approximate surface area is 176 Å². The zero-order valence-corrected chi connectivity index (χ0v) is 17.7. The van der Waals surface area contributed by atoms with E-state index in [1.54, 1.807) is 4.68 Å². The molecule has 2 aromatic heterocycles. The quantitative estimate of drug-likeness (QED) is 0.487. The highest BCUT2D eigenvalue weighted by Crippen LogP contribution is 2.35. The Balaban J connectivity index is 1.72. The molecular formula is C25H24N4O. The lowest BCUT2D eigenvalue weighted by molar-refractivity contribution is 0.0983. The van der Waals surface area contributed by atoms with Crippen LogP contribution in [-0.4, -0.2) is 26.7 Å². The SMILES string of the molecule is Cc1ccc(-c2cc(C(=O)N3c4ccccc4CC3C)c3c(C)nn(C)c3n2)cc1. The second-order valence-electron chi connectivity index (χ2n) is 8.19. The molecule has 1 aliphatic rings. The molecule has 5 heteroatoms. The largest absolute Gasteiger partial charge is 0.305 e. The van der Waals surface area contributed by atoms with Crippen LogP contribution in [0.2, 0.25) is 0 Å². The summed E-state index contributed by atoms with van der Waals surface area (Å²) in [7, 11) is 1.88. The molecule has 0 spiro atoms. The molecule has 0 aliphatic carbocycles. The summed E-state index contributed by atoms with van der Waals surface area (Å²) < 4.78 is 1.76. The number of aryl methyl sites for hydroxylation is 3. The minimum Gasteiger partial charge on any atom is -0.305 e. The Kier molecular flexibility index (Phi) is 4.21. The minimum absolute atomic E-state index is 0.00399. The Morgan fingerprint density at radius 2 is 1.80 bits per heavy atom. The number of aromatic nitrogens is 3. The molecule has 0 bridgehead atoms. The first kappa shape index (κ1) is 18.6. The average molecular weight is 396 g/mol. The molecule has 1 aliphatic heterocycles. The van der Waals surface area contributed by atoms with E-state index >= 15 is 0 Å². The average Bonchev–Trinajstić information content (AvgIpc) is 3.22. The number of amides is 1. The summed E-state index contributed by atoms with van der Waals surface area (Å²) in [6.07, 6.45) is 0.868. The van der Waals surface area contributed by atoms with Crippen LogP contribution < -0.4 is 4.90 Å². The van der Waals surface area contributed by atoms with Gasteiger partial charge >= 0.3 is 0 Å². The van der Waals surface area contributed by atoms with Gasteiger partial charge in [-0.3, -0.25) is 9.48 Å². The summed E-state index contributed by atoms with van der Waals surface area (Å²) in [6, 6.07) is 18.4. The second kappa shape index (κ2) is 6.80. The number of rotatable bonds is 2. The normalized spacial score (nSPS) is 15.6. The van der Waals surface area contributed by atoms with Crippen LogP contribution in [0.25, 0.3) is 22.3 Å². The zero-order valence-electron chi connectivity index (χ0n) is 17.7. The molecule has 1 unspecified atom stereocenters. The van der Waals surface area contributed by atoms with Crippen molar-refractivity contribution in [2.75, 3.05) is 4.90 Å². The van der Waals surface area contributed by atoms with Gasteiger partial charge in [0.1, 0.15) is 0 Å². The van der Waals surface area contributed by atoms with Crippen molar-refractivity contribution in [2.45, 2.75) is 33.2 Å². The molecule has 0 N–H and O–H groups in total. The first-order valence-corrected chi connectivity index (χ1v) is 10.3. The molecule has 30 heavy (non-hydrogen) atoms. The number of pyridine rings is 1. The fourth-order valence-electron chi connectivity index (χ4n) is 4.49. The topological polar surface area (TPSA) is 51.0 Å². The molecule has 150 valence electrons. The van der Waals surface area contributed by atoms with E-state index in [-0.39, 0.29) is 11.9 Å². The first-order valence-electron chi connectivity index (χ1n) is 10.3. The van der Waals surface area contributed by atoms with Gasteiger partial charge in [-0.2, -0.15) is 5.10 Å². The molecule has 4 aromatic rings. The van der Waals surface area contributed by atoms with Crippen molar-refractivity contribution in [2.24, 2.45) is 7.05 Å². The van der Waals surface area contributed by atoms with E-state index in [2.05, 4.69) is 49.3 Å². The lowest BCUT2D eigenvalue weighted by atomic mass is 10.0. The summed E-state index contributed by atoms with van der Waals surface area (Å²) in [5.74, 6) is 0.00399. The van der Waals surface area contributed by atoms with Crippen molar-refractivity contribution in [1.82, 2.24) is 14.8 Å². The number of carbonyl (C=O) groups is 1. The van der Waals surface area contributed by atoms with E-state index in [0.29, 0.717) is 5.56 Å². The van der Waals surface area contributed by atoms with Gasteiger partial charge in [0.2, 0.25) is 0 Å². The highest BCUT2D eigenvalue weighted by molar-refractivity contribution is 6.15. The lowest BCUT2D eigenvalue weighted by Crippen LogP contribution is -2.36. The van der Waals surface area contributed by atoms with E-state index in [9.17, 15) is 4.79 Å². The zero-order chi connectivity index (χ0) is 21.0. The Bertz CT molecular complexity index is 1290. The van der Waals surface area contributed by atoms with Crippen molar-refractivity contribution in [1.29, 1.82) is 0 Å². The Morgan fingerprint density at radius 1 is 1.07 bits per heavy atom. The van der Waals surface area contributed by atoms with Crippen molar-refractivity contribution >= 4 is 22.6 Å².